The summed E-state index contributed by atoms with van der Waals surface area (Å²) in [5.74, 6) is 0.797. The molecule has 0 radical (unpaired) electrons. The van der Waals surface area contributed by atoms with Gasteiger partial charge in [0.25, 0.3) is 0 Å². The van der Waals surface area contributed by atoms with E-state index in [1.807, 2.05) is 29.1 Å². The quantitative estimate of drug-likeness (QED) is 0.517. The van der Waals surface area contributed by atoms with E-state index in [4.69, 9.17) is 0 Å². The van der Waals surface area contributed by atoms with Crippen LogP contribution in [0.25, 0.3) is 11.4 Å². The van der Waals surface area contributed by atoms with Crippen LogP contribution in [0.15, 0.2) is 72.1 Å². The van der Waals surface area contributed by atoms with Crippen molar-refractivity contribution in [2.45, 2.75) is 17.8 Å². The molecule has 0 aliphatic heterocycles. The number of thioether (sulfide) groups is 1. The lowest BCUT2D eigenvalue weighted by Crippen LogP contribution is -1.99. The Morgan fingerprint density at radius 2 is 1.72 bits per heavy atom. The van der Waals surface area contributed by atoms with Crippen LogP contribution in [0.4, 0.5) is 0 Å². The summed E-state index contributed by atoms with van der Waals surface area (Å²) < 4.78 is 3.61. The topological polar surface area (TPSA) is 61.4 Å². The SMILES string of the molecule is Cc1ccc(-n2nnnc2SCc2ccc(-n3cccn3)cc2)cc1. The summed E-state index contributed by atoms with van der Waals surface area (Å²) in [6.45, 7) is 2.06. The van der Waals surface area contributed by atoms with E-state index in [1.54, 1.807) is 22.6 Å². The highest BCUT2D eigenvalue weighted by Crippen LogP contribution is 2.23. The fourth-order valence-electron chi connectivity index (χ4n) is 2.43. The van der Waals surface area contributed by atoms with Crippen LogP contribution in [0.1, 0.15) is 11.1 Å². The second kappa shape index (κ2) is 6.90. The number of rotatable bonds is 5. The molecule has 2 aromatic heterocycles. The van der Waals surface area contributed by atoms with Crippen molar-refractivity contribution >= 4 is 11.8 Å². The van der Waals surface area contributed by atoms with Gasteiger partial charge in [0.1, 0.15) is 0 Å². The minimum absolute atomic E-state index is 0.778. The van der Waals surface area contributed by atoms with E-state index in [-0.39, 0.29) is 0 Å². The molecule has 0 bridgehead atoms. The Kier molecular flexibility index (Phi) is 4.30. The molecule has 4 aromatic rings. The number of benzene rings is 2. The van der Waals surface area contributed by atoms with E-state index in [9.17, 15) is 0 Å². The summed E-state index contributed by atoms with van der Waals surface area (Å²) in [5, 5.41) is 17.1. The van der Waals surface area contributed by atoms with E-state index in [1.165, 1.54) is 11.1 Å². The Hall–Kier alpha value is -2.93. The number of aromatic nitrogens is 6. The van der Waals surface area contributed by atoms with E-state index in [0.29, 0.717) is 0 Å². The van der Waals surface area contributed by atoms with Crippen LogP contribution < -0.4 is 0 Å². The maximum Gasteiger partial charge on any atom is 0.214 e. The van der Waals surface area contributed by atoms with Gasteiger partial charge in [0.05, 0.1) is 11.4 Å². The normalized spacial score (nSPS) is 10.9. The van der Waals surface area contributed by atoms with Crippen LogP contribution in [-0.2, 0) is 5.75 Å². The molecule has 0 saturated heterocycles. The third-order valence-electron chi connectivity index (χ3n) is 3.79. The van der Waals surface area contributed by atoms with E-state index in [0.717, 1.165) is 22.3 Å². The third kappa shape index (κ3) is 3.46. The van der Waals surface area contributed by atoms with E-state index in [2.05, 4.69) is 63.9 Å². The number of nitrogens with zero attached hydrogens (tertiary/aromatic N) is 6. The zero-order valence-electron chi connectivity index (χ0n) is 13.6. The lowest BCUT2D eigenvalue weighted by molar-refractivity contribution is 0.756. The van der Waals surface area contributed by atoms with Crippen LogP contribution in [0.5, 0.6) is 0 Å². The lowest BCUT2D eigenvalue weighted by Gasteiger charge is -2.06. The minimum atomic E-state index is 0.778. The average molecular weight is 348 g/mol. The molecule has 4 rings (SSSR count). The van der Waals surface area contributed by atoms with Gasteiger partial charge in [-0.2, -0.15) is 9.78 Å². The fraction of sp³-hybridized carbons (Fsp3) is 0.111. The highest BCUT2D eigenvalue weighted by molar-refractivity contribution is 7.98. The molecule has 0 fully saturated rings. The fourth-order valence-corrected chi connectivity index (χ4v) is 3.28. The Morgan fingerprint density at radius 1 is 0.960 bits per heavy atom. The predicted octanol–water partition coefficient (Wildman–Crippen LogP) is 3.45. The monoisotopic (exact) mass is 348 g/mol. The Labute approximate surface area is 149 Å². The van der Waals surface area contributed by atoms with Crippen LogP contribution in [0, 0.1) is 6.92 Å². The molecule has 6 nitrogen and oxygen atoms in total. The molecule has 2 aromatic carbocycles. The van der Waals surface area contributed by atoms with E-state index < -0.39 is 0 Å². The number of tetrazole rings is 1. The second-order valence-electron chi connectivity index (χ2n) is 5.61. The number of hydrogen-bond acceptors (Lipinski definition) is 5. The molecule has 0 aliphatic rings. The van der Waals surface area contributed by atoms with Gasteiger partial charge >= 0.3 is 0 Å². The van der Waals surface area contributed by atoms with Crippen molar-refractivity contribution in [1.29, 1.82) is 0 Å². The molecule has 7 heteroatoms. The van der Waals surface area contributed by atoms with Crippen molar-refractivity contribution in [3.63, 3.8) is 0 Å². The summed E-state index contributed by atoms with van der Waals surface area (Å²) in [6, 6.07) is 18.4. The first-order valence-corrected chi connectivity index (χ1v) is 8.85. The van der Waals surface area contributed by atoms with Gasteiger partial charge in [-0.3, -0.25) is 0 Å². The van der Waals surface area contributed by atoms with Gasteiger partial charge in [-0.05, 0) is 53.2 Å². The highest BCUT2D eigenvalue weighted by Gasteiger charge is 2.09. The molecule has 0 amide bonds. The van der Waals surface area contributed by atoms with Crippen LogP contribution >= 0.6 is 11.8 Å². The third-order valence-corrected chi connectivity index (χ3v) is 4.78. The molecular formula is C18H16N6S. The lowest BCUT2D eigenvalue weighted by atomic mass is 10.2. The zero-order chi connectivity index (χ0) is 17.1. The molecule has 0 N–H and O–H groups in total. The van der Waals surface area contributed by atoms with Crippen molar-refractivity contribution in [2.24, 2.45) is 0 Å². The van der Waals surface area contributed by atoms with Crippen LogP contribution in [0.3, 0.4) is 0 Å². The molecular weight excluding hydrogens is 332 g/mol. The minimum Gasteiger partial charge on any atom is -0.241 e. The van der Waals surface area contributed by atoms with Crippen LogP contribution in [0.2, 0.25) is 0 Å². The van der Waals surface area contributed by atoms with Crippen molar-refractivity contribution in [3.8, 4) is 11.4 Å². The number of hydrogen-bond donors (Lipinski definition) is 0. The van der Waals surface area contributed by atoms with E-state index >= 15 is 0 Å². The van der Waals surface area contributed by atoms with Crippen molar-refractivity contribution in [1.82, 2.24) is 30.0 Å². The Bertz CT molecular complexity index is 942. The summed E-state index contributed by atoms with van der Waals surface area (Å²) in [6.07, 6.45) is 3.70. The van der Waals surface area contributed by atoms with Gasteiger partial charge in [0.2, 0.25) is 5.16 Å². The average Bonchev–Trinajstić information content (AvgIpc) is 3.33. The van der Waals surface area contributed by atoms with Crippen LogP contribution in [-0.4, -0.2) is 30.0 Å². The first-order chi connectivity index (χ1) is 12.3. The first-order valence-electron chi connectivity index (χ1n) is 7.87. The molecule has 0 aliphatic carbocycles. The molecule has 0 atom stereocenters. The molecule has 0 saturated carbocycles. The molecule has 0 unspecified atom stereocenters. The Morgan fingerprint density at radius 3 is 2.44 bits per heavy atom. The first kappa shape index (κ1) is 15.6. The van der Waals surface area contributed by atoms with Gasteiger partial charge in [-0.25, -0.2) is 4.68 Å². The molecule has 25 heavy (non-hydrogen) atoms. The van der Waals surface area contributed by atoms with Crippen molar-refractivity contribution in [2.75, 3.05) is 0 Å². The van der Waals surface area contributed by atoms with Gasteiger partial charge in [-0.15, -0.1) is 5.10 Å². The molecule has 124 valence electrons. The smallest absolute Gasteiger partial charge is 0.214 e. The summed E-state index contributed by atoms with van der Waals surface area (Å²) >= 11 is 1.61. The summed E-state index contributed by atoms with van der Waals surface area (Å²) in [7, 11) is 0. The van der Waals surface area contributed by atoms with Crippen molar-refractivity contribution in [3.05, 3.63) is 78.1 Å². The Balaban J connectivity index is 1.47. The second-order valence-corrected chi connectivity index (χ2v) is 6.56. The highest BCUT2D eigenvalue weighted by atomic mass is 32.2. The molecule has 0 spiro atoms. The predicted molar refractivity (Wildman–Crippen MR) is 97.0 cm³/mol. The summed E-state index contributed by atoms with van der Waals surface area (Å²) in [4.78, 5) is 0. The summed E-state index contributed by atoms with van der Waals surface area (Å²) in [5.41, 5.74) is 4.43. The largest absolute Gasteiger partial charge is 0.241 e. The van der Waals surface area contributed by atoms with Crippen molar-refractivity contribution < 1.29 is 0 Å². The maximum atomic E-state index is 4.24. The zero-order valence-corrected chi connectivity index (χ0v) is 14.5. The standard InChI is InChI=1S/C18H16N6S/c1-14-3-7-17(8-4-14)24-18(20-21-22-24)25-13-15-5-9-16(10-6-15)23-12-2-11-19-23/h2-12H,13H2,1H3. The van der Waals surface area contributed by atoms with Gasteiger partial charge < -0.3 is 0 Å². The molecule has 2 heterocycles. The van der Waals surface area contributed by atoms with Gasteiger partial charge in [0, 0.05) is 18.1 Å². The maximum absolute atomic E-state index is 4.24. The van der Waals surface area contributed by atoms with Gasteiger partial charge in [-0.1, -0.05) is 41.6 Å². The van der Waals surface area contributed by atoms with Gasteiger partial charge in [0.15, 0.2) is 0 Å². The number of aryl methyl sites for hydroxylation is 1.